The molecule has 2 heterocycles. The average Bonchev–Trinajstić information content (AvgIpc) is 2.98. The molecule has 1 aliphatic heterocycles. The van der Waals surface area contributed by atoms with Gasteiger partial charge in [0.1, 0.15) is 5.82 Å². The zero-order valence-electron chi connectivity index (χ0n) is 10.8. The second-order valence-corrected chi connectivity index (χ2v) is 5.69. The van der Waals surface area contributed by atoms with Crippen molar-refractivity contribution in [2.75, 3.05) is 31.1 Å². The van der Waals surface area contributed by atoms with Gasteiger partial charge in [0, 0.05) is 43.3 Å². The Morgan fingerprint density at radius 3 is 2.70 bits per heavy atom. The Hall–Kier alpha value is -1.24. The van der Waals surface area contributed by atoms with Crippen molar-refractivity contribution < 1.29 is 4.39 Å². The van der Waals surface area contributed by atoms with Crippen molar-refractivity contribution in [3.05, 3.63) is 40.8 Å². The first-order chi connectivity index (χ1) is 9.74. The second-order valence-electron chi connectivity index (χ2n) is 4.73. The quantitative estimate of drug-likeness (QED) is 0.872. The number of aromatic nitrogens is 2. The van der Waals surface area contributed by atoms with Crippen molar-refractivity contribution in [2.24, 2.45) is 0 Å². The van der Waals surface area contributed by atoms with Crippen LogP contribution in [0.15, 0.2) is 24.4 Å². The monoisotopic (exact) mass is 312 g/mol. The van der Waals surface area contributed by atoms with Gasteiger partial charge in [0.15, 0.2) is 5.82 Å². The highest BCUT2D eigenvalue weighted by Crippen LogP contribution is 2.22. The van der Waals surface area contributed by atoms with Gasteiger partial charge in [0.2, 0.25) is 0 Å². The van der Waals surface area contributed by atoms with E-state index in [2.05, 4.69) is 18.5 Å². The van der Waals surface area contributed by atoms with Crippen molar-refractivity contribution in [1.82, 2.24) is 13.6 Å². The molecule has 3 rings (SSSR count). The third-order valence-corrected chi connectivity index (χ3v) is 4.31. The van der Waals surface area contributed by atoms with E-state index in [1.807, 2.05) is 0 Å². The van der Waals surface area contributed by atoms with E-state index in [1.54, 1.807) is 18.3 Å². The Bertz CT molecular complexity index is 550. The molecular formula is C13H14ClFN4S. The highest BCUT2D eigenvalue weighted by atomic mass is 35.5. The summed E-state index contributed by atoms with van der Waals surface area (Å²) in [7, 11) is 0. The lowest BCUT2D eigenvalue weighted by atomic mass is 10.2. The first-order valence-corrected chi connectivity index (χ1v) is 7.52. The predicted molar refractivity (Wildman–Crippen MR) is 78.8 cm³/mol. The van der Waals surface area contributed by atoms with Gasteiger partial charge < -0.3 is 4.90 Å². The summed E-state index contributed by atoms with van der Waals surface area (Å²) in [6.07, 6.45) is 1.79. The lowest BCUT2D eigenvalue weighted by molar-refractivity contribution is 0.246. The van der Waals surface area contributed by atoms with E-state index in [0.29, 0.717) is 17.1 Å². The van der Waals surface area contributed by atoms with Crippen LogP contribution in [0.25, 0.3) is 0 Å². The summed E-state index contributed by atoms with van der Waals surface area (Å²) >= 11 is 7.28. The molecule has 4 nitrogen and oxygen atoms in total. The number of anilines is 1. The Morgan fingerprint density at radius 2 is 2.05 bits per heavy atom. The van der Waals surface area contributed by atoms with Crippen LogP contribution in [0.1, 0.15) is 5.56 Å². The molecule has 0 saturated carbocycles. The van der Waals surface area contributed by atoms with Crippen LogP contribution in [0.4, 0.5) is 10.2 Å². The molecule has 20 heavy (non-hydrogen) atoms. The fourth-order valence-electron chi connectivity index (χ4n) is 2.34. The summed E-state index contributed by atoms with van der Waals surface area (Å²) in [5.41, 5.74) is 0.581. The summed E-state index contributed by atoms with van der Waals surface area (Å²) in [5, 5.41) is 0.496. The molecule has 7 heteroatoms. The molecule has 0 radical (unpaired) electrons. The summed E-state index contributed by atoms with van der Waals surface area (Å²) in [5.74, 6) is 0.696. The van der Waals surface area contributed by atoms with Crippen molar-refractivity contribution >= 4 is 29.1 Å². The van der Waals surface area contributed by atoms with Gasteiger partial charge >= 0.3 is 0 Å². The van der Waals surface area contributed by atoms with Crippen LogP contribution in [0.3, 0.4) is 0 Å². The summed E-state index contributed by atoms with van der Waals surface area (Å²) in [4.78, 5) is 4.41. The van der Waals surface area contributed by atoms with Crippen LogP contribution in [0.2, 0.25) is 5.02 Å². The van der Waals surface area contributed by atoms with Crippen LogP contribution in [-0.4, -0.2) is 39.8 Å². The molecule has 1 aromatic heterocycles. The maximum absolute atomic E-state index is 13.8. The number of benzene rings is 1. The van der Waals surface area contributed by atoms with Gasteiger partial charge in [-0.25, -0.2) is 4.39 Å². The molecule has 2 aromatic rings. The molecular weight excluding hydrogens is 299 g/mol. The zero-order valence-corrected chi connectivity index (χ0v) is 12.4. The lowest BCUT2D eigenvalue weighted by Gasteiger charge is -2.34. The van der Waals surface area contributed by atoms with Gasteiger partial charge in [-0.1, -0.05) is 17.7 Å². The summed E-state index contributed by atoms with van der Waals surface area (Å²) < 4.78 is 22.0. The Labute approximate surface area is 126 Å². The summed E-state index contributed by atoms with van der Waals surface area (Å²) in [6.45, 7) is 4.02. The fourth-order valence-corrected chi connectivity index (χ4v) is 3.00. The van der Waals surface area contributed by atoms with Gasteiger partial charge in [-0.2, -0.15) is 8.75 Å². The van der Waals surface area contributed by atoms with Gasteiger partial charge in [0.25, 0.3) is 0 Å². The zero-order chi connectivity index (χ0) is 13.9. The topological polar surface area (TPSA) is 32.3 Å². The highest BCUT2D eigenvalue weighted by Gasteiger charge is 2.20. The number of nitrogens with zero attached hydrogens (tertiary/aromatic N) is 4. The molecule has 106 valence electrons. The van der Waals surface area contributed by atoms with E-state index in [-0.39, 0.29) is 5.82 Å². The van der Waals surface area contributed by atoms with Crippen LogP contribution in [0.5, 0.6) is 0 Å². The van der Waals surface area contributed by atoms with Gasteiger partial charge in [0.05, 0.1) is 17.9 Å². The standard InChI is InChI=1S/C13H14ClFN4S/c14-11-2-1-3-12(15)10(11)9-18-4-6-19(7-5-18)13-8-16-20-17-13/h1-3,8H,4-7,9H2. The minimum atomic E-state index is -0.233. The lowest BCUT2D eigenvalue weighted by Crippen LogP contribution is -2.46. The molecule has 1 saturated heterocycles. The van der Waals surface area contributed by atoms with Crippen molar-refractivity contribution in [3.8, 4) is 0 Å². The first-order valence-electron chi connectivity index (χ1n) is 6.42. The number of hydrogen-bond acceptors (Lipinski definition) is 5. The number of rotatable bonds is 3. The van der Waals surface area contributed by atoms with E-state index in [4.69, 9.17) is 11.6 Å². The third kappa shape index (κ3) is 2.92. The molecule has 0 aliphatic carbocycles. The van der Waals surface area contributed by atoms with Gasteiger partial charge in [-0.15, -0.1) is 0 Å². The first kappa shape index (κ1) is 13.7. The van der Waals surface area contributed by atoms with E-state index in [1.165, 1.54) is 17.8 Å². The Balaban J connectivity index is 1.61. The molecule has 0 N–H and O–H groups in total. The molecule has 1 fully saturated rings. The molecule has 0 atom stereocenters. The third-order valence-electron chi connectivity index (χ3n) is 3.49. The summed E-state index contributed by atoms with van der Waals surface area (Å²) in [6, 6.07) is 4.82. The van der Waals surface area contributed by atoms with Gasteiger partial charge in [-0.05, 0) is 12.1 Å². The molecule has 1 aliphatic rings. The van der Waals surface area contributed by atoms with Crippen molar-refractivity contribution in [2.45, 2.75) is 6.54 Å². The minimum absolute atomic E-state index is 0.233. The molecule has 0 amide bonds. The van der Waals surface area contributed by atoms with Crippen LogP contribution < -0.4 is 4.90 Å². The minimum Gasteiger partial charge on any atom is -0.352 e. The molecule has 1 aromatic carbocycles. The molecule has 0 spiro atoms. The Morgan fingerprint density at radius 1 is 1.25 bits per heavy atom. The van der Waals surface area contributed by atoms with E-state index < -0.39 is 0 Å². The van der Waals surface area contributed by atoms with Crippen LogP contribution in [-0.2, 0) is 6.54 Å². The van der Waals surface area contributed by atoms with Gasteiger partial charge in [-0.3, -0.25) is 4.90 Å². The van der Waals surface area contributed by atoms with Crippen LogP contribution in [0, 0.1) is 5.82 Å². The van der Waals surface area contributed by atoms with E-state index in [9.17, 15) is 4.39 Å². The van der Waals surface area contributed by atoms with Crippen molar-refractivity contribution in [1.29, 1.82) is 0 Å². The molecule has 0 bridgehead atoms. The van der Waals surface area contributed by atoms with Crippen LogP contribution >= 0.6 is 23.3 Å². The van der Waals surface area contributed by atoms with E-state index >= 15 is 0 Å². The smallest absolute Gasteiger partial charge is 0.162 e. The highest BCUT2D eigenvalue weighted by molar-refractivity contribution is 6.99. The fraction of sp³-hybridized carbons (Fsp3) is 0.385. The number of hydrogen-bond donors (Lipinski definition) is 0. The van der Waals surface area contributed by atoms with Crippen molar-refractivity contribution in [3.63, 3.8) is 0 Å². The maximum atomic E-state index is 13.8. The predicted octanol–water partition coefficient (Wildman–Crippen LogP) is 2.65. The normalized spacial score (nSPS) is 16.6. The largest absolute Gasteiger partial charge is 0.352 e. The number of piperazine rings is 1. The second kappa shape index (κ2) is 6.03. The number of halogens is 2. The average molecular weight is 313 g/mol. The SMILES string of the molecule is Fc1cccc(Cl)c1CN1CCN(c2cnsn2)CC1. The maximum Gasteiger partial charge on any atom is 0.162 e. The molecule has 0 unspecified atom stereocenters. The van der Waals surface area contributed by atoms with E-state index in [0.717, 1.165) is 32.0 Å². The Kier molecular flexibility index (Phi) is 4.14.